The second-order valence-corrected chi connectivity index (χ2v) is 12.2. The van der Waals surface area contributed by atoms with E-state index in [2.05, 4.69) is 9.88 Å². The summed E-state index contributed by atoms with van der Waals surface area (Å²) in [7, 11) is 3.63. The third-order valence-corrected chi connectivity index (χ3v) is 9.38. The Bertz CT molecular complexity index is 1040. The number of hydrogen-bond donors (Lipinski definition) is 2. The van der Waals surface area contributed by atoms with E-state index < -0.39 is 5.54 Å². The van der Waals surface area contributed by atoms with Crippen LogP contribution in [0.5, 0.6) is 0 Å². The topological polar surface area (TPSA) is 117 Å². The van der Waals surface area contributed by atoms with Gasteiger partial charge in [-0.15, -0.1) is 0 Å². The SMILES string of the molecule is CN1C(=O)[C@@](CCC2CCCCC2)(C[C@H]2CCC[C@H](N3CC[C@@H](O)C3)C2)N=C1N.Cc1nc(=O)ccn1C. The molecule has 1 saturated heterocycles. The van der Waals surface area contributed by atoms with Crippen LogP contribution in [0.25, 0.3) is 0 Å². The Hall–Kier alpha value is -2.26. The van der Waals surface area contributed by atoms with Gasteiger partial charge >= 0.3 is 0 Å². The van der Waals surface area contributed by atoms with Gasteiger partial charge in [0.05, 0.1) is 6.10 Å². The van der Waals surface area contributed by atoms with Crippen molar-refractivity contribution in [2.24, 2.45) is 29.6 Å². The minimum Gasteiger partial charge on any atom is -0.392 e. The highest BCUT2D eigenvalue weighted by molar-refractivity contribution is 6.06. The third-order valence-electron chi connectivity index (χ3n) is 9.38. The van der Waals surface area contributed by atoms with Crippen molar-refractivity contribution in [3.63, 3.8) is 0 Å². The quantitative estimate of drug-likeness (QED) is 0.586. The maximum absolute atomic E-state index is 13.3. The van der Waals surface area contributed by atoms with E-state index in [4.69, 9.17) is 10.7 Å². The van der Waals surface area contributed by atoms with Crippen molar-refractivity contribution in [2.45, 2.75) is 108 Å². The van der Waals surface area contributed by atoms with Crippen molar-refractivity contribution < 1.29 is 9.90 Å². The number of aryl methyl sites for hydroxylation is 2. The number of nitrogens with zero attached hydrogens (tertiary/aromatic N) is 5. The number of carbonyl (C=O) groups excluding carboxylic acids is 1. The minimum absolute atomic E-state index is 0.115. The standard InChI is InChI=1S/C23H40N4O2.C6H8N2O/c1-26-21(29)23(25-22(26)24,12-10-17-6-3-2-4-7-17)15-18-8-5-9-19(14-18)27-13-11-20(28)16-27;1-5-7-6(9)3-4-8(5)2/h17-20,28H,2-16H2,1H3,(H2,24,25);3-4H,1-2H3/t18-,19-,20+,23+;/m0./s1. The molecule has 3 heterocycles. The first-order chi connectivity index (χ1) is 18.2. The zero-order valence-electron chi connectivity index (χ0n) is 23.6. The van der Waals surface area contributed by atoms with Crippen molar-refractivity contribution in [1.29, 1.82) is 0 Å². The van der Waals surface area contributed by atoms with E-state index in [1.807, 2.05) is 7.05 Å². The number of nitrogens with two attached hydrogens (primary N) is 1. The molecule has 38 heavy (non-hydrogen) atoms. The number of β-amino-alcohol motifs (C(OH)–C–C–N with tert-alkyl or cyclic N) is 1. The Morgan fingerprint density at radius 1 is 1.05 bits per heavy atom. The first kappa shape index (κ1) is 28.7. The van der Waals surface area contributed by atoms with Gasteiger partial charge in [-0.25, -0.2) is 4.99 Å². The average molecular weight is 529 g/mol. The smallest absolute Gasteiger partial charge is 0.272 e. The van der Waals surface area contributed by atoms with Crippen LogP contribution >= 0.6 is 0 Å². The van der Waals surface area contributed by atoms with E-state index in [1.54, 1.807) is 29.6 Å². The Kier molecular flexibility index (Phi) is 9.63. The molecule has 9 nitrogen and oxygen atoms in total. The first-order valence-electron chi connectivity index (χ1n) is 14.7. The van der Waals surface area contributed by atoms with Crippen molar-refractivity contribution in [2.75, 3.05) is 20.1 Å². The highest BCUT2D eigenvalue weighted by Gasteiger charge is 2.48. The molecule has 0 radical (unpaired) electrons. The minimum atomic E-state index is -0.632. The predicted octanol–water partition coefficient (Wildman–Crippen LogP) is 2.98. The number of rotatable bonds is 6. The Balaban J connectivity index is 0.000000317. The summed E-state index contributed by atoms with van der Waals surface area (Å²) in [4.78, 5) is 36.3. The van der Waals surface area contributed by atoms with Gasteiger partial charge in [-0.05, 0) is 57.3 Å². The number of guanidine groups is 1. The molecule has 3 fully saturated rings. The first-order valence-corrected chi connectivity index (χ1v) is 14.7. The van der Waals surface area contributed by atoms with Crippen molar-refractivity contribution in [3.05, 3.63) is 28.4 Å². The van der Waals surface area contributed by atoms with Crippen LogP contribution in [-0.4, -0.2) is 74.1 Å². The summed E-state index contributed by atoms with van der Waals surface area (Å²) in [6.07, 6.45) is 16.6. The van der Waals surface area contributed by atoms with Gasteiger partial charge < -0.3 is 15.4 Å². The average Bonchev–Trinajstić information content (AvgIpc) is 3.44. The zero-order chi connectivity index (χ0) is 27.3. The molecule has 0 spiro atoms. The molecule has 4 aliphatic rings. The van der Waals surface area contributed by atoms with E-state index in [-0.39, 0.29) is 17.6 Å². The fraction of sp³-hybridized carbons (Fsp3) is 0.793. The van der Waals surface area contributed by atoms with Gasteiger partial charge in [-0.1, -0.05) is 44.9 Å². The van der Waals surface area contributed by atoms with Gasteiger partial charge in [0.25, 0.3) is 11.5 Å². The summed E-state index contributed by atoms with van der Waals surface area (Å²) >= 11 is 0. The molecule has 0 unspecified atom stereocenters. The van der Waals surface area contributed by atoms with Crippen LogP contribution in [0.1, 0.15) is 89.3 Å². The fourth-order valence-electron chi connectivity index (χ4n) is 6.99. The Morgan fingerprint density at radius 3 is 2.39 bits per heavy atom. The second-order valence-electron chi connectivity index (χ2n) is 12.2. The highest BCUT2D eigenvalue weighted by Crippen LogP contribution is 2.41. The van der Waals surface area contributed by atoms with Gasteiger partial charge in [-0.3, -0.25) is 19.4 Å². The summed E-state index contributed by atoms with van der Waals surface area (Å²) in [5.41, 5.74) is 5.31. The van der Waals surface area contributed by atoms with E-state index >= 15 is 0 Å². The van der Waals surface area contributed by atoms with Gasteiger partial charge in [0.15, 0.2) is 5.96 Å². The molecule has 212 valence electrons. The van der Waals surface area contributed by atoms with Gasteiger partial charge in [0, 0.05) is 45.5 Å². The van der Waals surface area contributed by atoms with E-state index in [1.165, 1.54) is 57.4 Å². The number of amides is 1. The van der Waals surface area contributed by atoms with E-state index in [0.717, 1.165) is 56.9 Å². The summed E-state index contributed by atoms with van der Waals surface area (Å²) in [5.74, 6) is 2.52. The predicted molar refractivity (Wildman–Crippen MR) is 150 cm³/mol. The molecule has 1 amide bonds. The van der Waals surface area contributed by atoms with Crippen molar-refractivity contribution >= 4 is 11.9 Å². The lowest BCUT2D eigenvalue weighted by Gasteiger charge is -2.38. The van der Waals surface area contributed by atoms with Crippen molar-refractivity contribution in [3.8, 4) is 0 Å². The molecule has 1 aromatic rings. The number of likely N-dealkylation sites (tertiary alicyclic amines) is 1. The maximum Gasteiger partial charge on any atom is 0.272 e. The molecule has 2 saturated carbocycles. The highest BCUT2D eigenvalue weighted by atomic mass is 16.3. The van der Waals surface area contributed by atoms with Crippen LogP contribution in [0.2, 0.25) is 0 Å². The zero-order valence-corrected chi connectivity index (χ0v) is 23.6. The Morgan fingerprint density at radius 2 is 1.79 bits per heavy atom. The molecule has 2 aliphatic carbocycles. The van der Waals surface area contributed by atoms with E-state index in [0.29, 0.717) is 17.9 Å². The molecule has 5 rings (SSSR count). The number of aliphatic hydroxyl groups excluding tert-OH is 1. The van der Waals surface area contributed by atoms with Crippen LogP contribution in [0, 0.1) is 18.8 Å². The number of aromatic nitrogens is 2. The number of aliphatic imine (C=N–C) groups is 1. The monoisotopic (exact) mass is 528 g/mol. The normalized spacial score (nSPS) is 30.7. The lowest BCUT2D eigenvalue weighted by atomic mass is 9.74. The number of carbonyl (C=O) groups is 1. The van der Waals surface area contributed by atoms with Gasteiger partial charge in [0.1, 0.15) is 11.4 Å². The van der Waals surface area contributed by atoms with Crippen LogP contribution in [0.4, 0.5) is 0 Å². The van der Waals surface area contributed by atoms with Crippen LogP contribution < -0.4 is 11.3 Å². The van der Waals surface area contributed by atoms with Crippen molar-refractivity contribution in [1.82, 2.24) is 19.4 Å². The second kappa shape index (κ2) is 12.7. The Labute approximate surface area is 227 Å². The summed E-state index contributed by atoms with van der Waals surface area (Å²) < 4.78 is 1.79. The third kappa shape index (κ3) is 7.03. The number of likely N-dealkylation sites (N-methyl/N-ethyl adjacent to an activating group) is 1. The molecular weight excluding hydrogens is 480 g/mol. The van der Waals surface area contributed by atoms with E-state index in [9.17, 15) is 14.7 Å². The molecule has 0 aromatic carbocycles. The molecule has 0 bridgehead atoms. The van der Waals surface area contributed by atoms with Crippen LogP contribution in [0.3, 0.4) is 0 Å². The summed E-state index contributed by atoms with van der Waals surface area (Å²) in [5, 5.41) is 9.93. The van der Waals surface area contributed by atoms with Crippen LogP contribution in [-0.2, 0) is 11.8 Å². The number of hydrogen-bond acceptors (Lipinski definition) is 7. The molecule has 1 aromatic heterocycles. The summed E-state index contributed by atoms with van der Waals surface area (Å²) in [6, 6.07) is 1.99. The fourth-order valence-corrected chi connectivity index (χ4v) is 6.99. The lowest BCUT2D eigenvalue weighted by molar-refractivity contribution is -0.131. The molecule has 9 heteroatoms. The molecular formula is C29H48N6O3. The lowest BCUT2D eigenvalue weighted by Crippen LogP contribution is -2.45. The summed E-state index contributed by atoms with van der Waals surface area (Å²) in [6.45, 7) is 3.62. The largest absolute Gasteiger partial charge is 0.392 e. The maximum atomic E-state index is 13.3. The molecule has 3 N–H and O–H groups in total. The van der Waals surface area contributed by atoms with Crippen LogP contribution in [0.15, 0.2) is 22.1 Å². The molecule has 4 atom stereocenters. The van der Waals surface area contributed by atoms with Gasteiger partial charge in [0.2, 0.25) is 0 Å². The molecule has 2 aliphatic heterocycles. The number of aliphatic hydroxyl groups is 1. The van der Waals surface area contributed by atoms with Gasteiger partial charge in [-0.2, -0.15) is 4.98 Å².